The highest BCUT2D eigenvalue weighted by molar-refractivity contribution is 9.10. The van der Waals surface area contributed by atoms with Crippen LogP contribution in [0.3, 0.4) is 0 Å². The van der Waals surface area contributed by atoms with E-state index in [0.717, 1.165) is 27.1 Å². The molecule has 0 aliphatic rings. The van der Waals surface area contributed by atoms with Crippen LogP contribution in [0.2, 0.25) is 10.0 Å². The monoisotopic (exact) mass is 403 g/mol. The summed E-state index contributed by atoms with van der Waals surface area (Å²) in [5.74, 6) is 0. The van der Waals surface area contributed by atoms with Crippen molar-refractivity contribution in [1.29, 1.82) is 0 Å². The molecule has 5 heteroatoms. The SMILES string of the molecule is CCC(N)Cc1ccc(Br)cc1Sc1cc(Cl)ccc1Cl. The molecule has 2 aromatic rings. The Morgan fingerprint density at radius 1 is 1.14 bits per heavy atom. The average molecular weight is 405 g/mol. The van der Waals surface area contributed by atoms with Crippen LogP contribution in [-0.2, 0) is 6.42 Å². The Hall–Kier alpha value is -0.190. The minimum Gasteiger partial charge on any atom is -0.327 e. The third-order valence-electron chi connectivity index (χ3n) is 3.15. The van der Waals surface area contributed by atoms with E-state index in [-0.39, 0.29) is 6.04 Å². The highest BCUT2D eigenvalue weighted by Crippen LogP contribution is 2.38. The van der Waals surface area contributed by atoms with Gasteiger partial charge in [-0.05, 0) is 48.7 Å². The van der Waals surface area contributed by atoms with Crippen molar-refractivity contribution in [2.24, 2.45) is 5.73 Å². The molecular weight excluding hydrogens is 389 g/mol. The molecule has 1 atom stereocenters. The average Bonchev–Trinajstić information content (AvgIpc) is 2.45. The topological polar surface area (TPSA) is 26.0 Å². The molecule has 0 radical (unpaired) electrons. The molecule has 2 rings (SSSR count). The fourth-order valence-corrected chi connectivity index (χ4v) is 3.93. The minimum absolute atomic E-state index is 0.167. The van der Waals surface area contributed by atoms with Gasteiger partial charge in [0.2, 0.25) is 0 Å². The highest BCUT2D eigenvalue weighted by Gasteiger charge is 2.11. The van der Waals surface area contributed by atoms with Crippen LogP contribution in [0.15, 0.2) is 50.7 Å². The van der Waals surface area contributed by atoms with E-state index in [9.17, 15) is 0 Å². The van der Waals surface area contributed by atoms with Crippen LogP contribution >= 0.6 is 50.9 Å². The van der Waals surface area contributed by atoms with Crippen molar-refractivity contribution >= 4 is 50.9 Å². The number of benzene rings is 2. The van der Waals surface area contributed by atoms with E-state index in [1.807, 2.05) is 18.2 Å². The molecule has 0 spiro atoms. The second-order valence-corrected chi connectivity index (χ2v) is 7.64. The van der Waals surface area contributed by atoms with Gasteiger partial charge in [-0.25, -0.2) is 0 Å². The van der Waals surface area contributed by atoms with Gasteiger partial charge in [-0.15, -0.1) is 0 Å². The van der Waals surface area contributed by atoms with Gasteiger partial charge < -0.3 is 5.73 Å². The molecule has 0 heterocycles. The minimum atomic E-state index is 0.167. The number of halogens is 3. The maximum Gasteiger partial charge on any atom is 0.0546 e. The molecule has 1 unspecified atom stereocenters. The number of nitrogens with two attached hydrogens (primary N) is 1. The largest absolute Gasteiger partial charge is 0.327 e. The lowest BCUT2D eigenvalue weighted by Gasteiger charge is -2.14. The summed E-state index contributed by atoms with van der Waals surface area (Å²) in [6.07, 6.45) is 1.81. The van der Waals surface area contributed by atoms with Crippen molar-refractivity contribution in [1.82, 2.24) is 0 Å². The Morgan fingerprint density at radius 3 is 2.62 bits per heavy atom. The predicted octanol–water partition coefficient (Wildman–Crippen LogP) is 6.19. The van der Waals surface area contributed by atoms with E-state index in [4.69, 9.17) is 28.9 Å². The third kappa shape index (κ3) is 4.90. The lowest BCUT2D eigenvalue weighted by molar-refractivity contribution is 0.641. The van der Waals surface area contributed by atoms with Crippen molar-refractivity contribution in [3.05, 3.63) is 56.5 Å². The highest BCUT2D eigenvalue weighted by atomic mass is 79.9. The van der Waals surface area contributed by atoms with Crippen LogP contribution in [0.4, 0.5) is 0 Å². The first-order valence-corrected chi connectivity index (χ1v) is 9.03. The molecule has 2 aromatic carbocycles. The van der Waals surface area contributed by atoms with Crippen molar-refractivity contribution in [3.63, 3.8) is 0 Å². The maximum atomic E-state index is 6.26. The summed E-state index contributed by atoms with van der Waals surface area (Å²) >= 11 is 17.5. The molecule has 0 aromatic heterocycles. The quantitative estimate of drug-likeness (QED) is 0.642. The van der Waals surface area contributed by atoms with Gasteiger partial charge >= 0.3 is 0 Å². The Bertz CT molecular complexity index is 634. The summed E-state index contributed by atoms with van der Waals surface area (Å²) in [5, 5.41) is 1.39. The summed E-state index contributed by atoms with van der Waals surface area (Å²) in [4.78, 5) is 2.10. The van der Waals surface area contributed by atoms with E-state index in [2.05, 4.69) is 35.0 Å². The summed E-state index contributed by atoms with van der Waals surface area (Å²) in [6.45, 7) is 2.10. The Balaban J connectivity index is 2.33. The van der Waals surface area contributed by atoms with Gasteiger partial charge in [-0.3, -0.25) is 0 Å². The summed E-state index contributed by atoms with van der Waals surface area (Å²) in [6, 6.07) is 11.9. The summed E-state index contributed by atoms with van der Waals surface area (Å²) in [7, 11) is 0. The molecule has 2 N–H and O–H groups in total. The molecule has 21 heavy (non-hydrogen) atoms. The van der Waals surface area contributed by atoms with Gasteiger partial charge in [0.25, 0.3) is 0 Å². The Kier molecular flexibility index (Phi) is 6.45. The van der Waals surface area contributed by atoms with E-state index in [1.54, 1.807) is 17.8 Å². The first-order valence-electron chi connectivity index (χ1n) is 6.66. The second kappa shape index (κ2) is 7.89. The van der Waals surface area contributed by atoms with E-state index < -0.39 is 0 Å². The van der Waals surface area contributed by atoms with E-state index in [1.165, 1.54) is 5.56 Å². The molecule has 0 aliphatic carbocycles. The smallest absolute Gasteiger partial charge is 0.0546 e. The van der Waals surface area contributed by atoms with Gasteiger partial charge in [-0.1, -0.05) is 63.9 Å². The maximum absolute atomic E-state index is 6.26. The molecule has 112 valence electrons. The van der Waals surface area contributed by atoms with Crippen LogP contribution < -0.4 is 5.73 Å². The fraction of sp³-hybridized carbons (Fsp3) is 0.250. The van der Waals surface area contributed by atoms with E-state index >= 15 is 0 Å². The van der Waals surface area contributed by atoms with Crippen LogP contribution in [0.25, 0.3) is 0 Å². The van der Waals surface area contributed by atoms with Crippen molar-refractivity contribution in [3.8, 4) is 0 Å². The van der Waals surface area contributed by atoms with Gasteiger partial charge in [-0.2, -0.15) is 0 Å². The molecule has 0 aliphatic heterocycles. The Labute approximate surface area is 148 Å². The molecule has 0 saturated heterocycles. The van der Waals surface area contributed by atoms with Gasteiger partial charge in [0.05, 0.1) is 5.02 Å². The van der Waals surface area contributed by atoms with E-state index in [0.29, 0.717) is 10.0 Å². The van der Waals surface area contributed by atoms with Gasteiger partial charge in [0.15, 0.2) is 0 Å². The second-order valence-electron chi connectivity index (χ2n) is 4.80. The lowest BCUT2D eigenvalue weighted by Crippen LogP contribution is -2.21. The molecular formula is C16H16BrCl2NS. The molecule has 0 fully saturated rings. The summed E-state index contributed by atoms with van der Waals surface area (Å²) in [5.41, 5.74) is 7.32. The van der Waals surface area contributed by atoms with Crippen LogP contribution in [0.5, 0.6) is 0 Å². The number of rotatable bonds is 5. The zero-order valence-electron chi connectivity index (χ0n) is 11.6. The predicted molar refractivity (Wildman–Crippen MR) is 96.7 cm³/mol. The van der Waals surface area contributed by atoms with Crippen LogP contribution in [-0.4, -0.2) is 6.04 Å². The van der Waals surface area contributed by atoms with Crippen molar-refractivity contribution < 1.29 is 0 Å². The standard InChI is InChI=1S/C16H16BrCl2NS/c1-2-13(20)7-10-3-4-11(17)8-15(10)21-16-9-12(18)5-6-14(16)19/h3-6,8-9,13H,2,7,20H2,1H3. The van der Waals surface area contributed by atoms with Gasteiger partial charge in [0, 0.05) is 25.3 Å². The van der Waals surface area contributed by atoms with Crippen LogP contribution in [0.1, 0.15) is 18.9 Å². The van der Waals surface area contributed by atoms with Crippen molar-refractivity contribution in [2.75, 3.05) is 0 Å². The third-order valence-corrected chi connectivity index (χ3v) is 5.48. The molecule has 0 saturated carbocycles. The molecule has 1 nitrogen and oxygen atoms in total. The zero-order chi connectivity index (χ0) is 15.4. The number of hydrogen-bond acceptors (Lipinski definition) is 2. The summed E-state index contributed by atoms with van der Waals surface area (Å²) < 4.78 is 1.04. The van der Waals surface area contributed by atoms with Gasteiger partial charge in [0.1, 0.15) is 0 Å². The zero-order valence-corrected chi connectivity index (χ0v) is 15.5. The van der Waals surface area contributed by atoms with Crippen molar-refractivity contribution in [2.45, 2.75) is 35.6 Å². The fourth-order valence-electron chi connectivity index (χ4n) is 1.89. The Morgan fingerprint density at radius 2 is 1.90 bits per heavy atom. The molecule has 0 bridgehead atoms. The van der Waals surface area contributed by atoms with Crippen LogP contribution in [0, 0.1) is 0 Å². The normalized spacial score (nSPS) is 12.4. The first kappa shape index (κ1) is 17.2. The number of hydrogen-bond donors (Lipinski definition) is 1. The lowest BCUT2D eigenvalue weighted by atomic mass is 10.1. The first-order chi connectivity index (χ1) is 9.99. The molecule has 0 amide bonds.